The summed E-state index contributed by atoms with van der Waals surface area (Å²) in [5, 5.41) is 3.34. The molecule has 17 heavy (non-hydrogen) atoms. The minimum atomic E-state index is 0.838. The van der Waals surface area contributed by atoms with Gasteiger partial charge < -0.3 is 5.32 Å². The van der Waals surface area contributed by atoms with Crippen LogP contribution in [0.5, 0.6) is 0 Å². The van der Waals surface area contributed by atoms with E-state index in [1.54, 1.807) is 0 Å². The lowest BCUT2D eigenvalue weighted by atomic mass is 10.1. The summed E-state index contributed by atoms with van der Waals surface area (Å²) in [5.74, 6) is 0.838. The zero-order valence-corrected chi connectivity index (χ0v) is 9.90. The molecule has 86 valence electrons. The van der Waals surface area contributed by atoms with E-state index < -0.39 is 0 Å². The average Bonchev–Trinajstić information content (AvgIpc) is 2.39. The Balaban J connectivity index is 2.07. The fourth-order valence-electron chi connectivity index (χ4n) is 2.19. The summed E-state index contributed by atoms with van der Waals surface area (Å²) in [4.78, 5) is 9.15. The molecule has 1 aliphatic rings. The maximum Gasteiger partial charge on any atom is 0.159 e. The predicted octanol–water partition coefficient (Wildman–Crippen LogP) is 2.10. The first kappa shape index (κ1) is 10.4. The third kappa shape index (κ3) is 1.94. The fourth-order valence-corrected chi connectivity index (χ4v) is 2.19. The van der Waals surface area contributed by atoms with Crippen LogP contribution in [0.3, 0.4) is 0 Å². The molecule has 0 unspecified atom stereocenters. The summed E-state index contributed by atoms with van der Waals surface area (Å²) >= 11 is 0. The maximum absolute atomic E-state index is 4.67. The Morgan fingerprint density at radius 3 is 3.00 bits per heavy atom. The summed E-state index contributed by atoms with van der Waals surface area (Å²) in [6.45, 7) is 3.98. The third-order valence-electron chi connectivity index (χ3n) is 3.20. The molecule has 3 nitrogen and oxygen atoms in total. The van der Waals surface area contributed by atoms with Gasteiger partial charge in [-0.05, 0) is 31.0 Å². The summed E-state index contributed by atoms with van der Waals surface area (Å²) in [6, 6.07) is 8.24. The second-order valence-electron chi connectivity index (χ2n) is 4.41. The van der Waals surface area contributed by atoms with Crippen molar-refractivity contribution in [2.45, 2.75) is 19.9 Å². The second kappa shape index (κ2) is 4.26. The van der Waals surface area contributed by atoms with Crippen LogP contribution in [0.25, 0.3) is 11.4 Å². The number of rotatable bonds is 1. The first-order chi connectivity index (χ1) is 8.34. The van der Waals surface area contributed by atoms with Gasteiger partial charge in [0.15, 0.2) is 5.82 Å². The standard InChI is InChI=1S/C14H15N3/c1-10-4-2-3-5-12(10)14-16-8-11-6-7-15-9-13(11)17-14/h2-5,8,15H,6-7,9H2,1H3. The molecule has 3 heteroatoms. The van der Waals surface area contributed by atoms with Gasteiger partial charge in [-0.1, -0.05) is 24.3 Å². The number of nitrogens with zero attached hydrogens (tertiary/aromatic N) is 2. The molecule has 0 radical (unpaired) electrons. The average molecular weight is 225 g/mol. The van der Waals surface area contributed by atoms with Crippen molar-refractivity contribution in [3.63, 3.8) is 0 Å². The summed E-state index contributed by atoms with van der Waals surface area (Å²) in [5.41, 5.74) is 4.77. The molecule has 0 aliphatic carbocycles. The Labute approximate surface area is 101 Å². The molecular formula is C14H15N3. The molecule has 0 saturated heterocycles. The SMILES string of the molecule is Cc1ccccc1-c1ncc2c(n1)CNCC2. The largest absolute Gasteiger partial charge is 0.311 e. The van der Waals surface area contributed by atoms with Gasteiger partial charge in [-0.2, -0.15) is 0 Å². The van der Waals surface area contributed by atoms with E-state index in [0.29, 0.717) is 0 Å². The normalized spacial score (nSPS) is 14.4. The lowest BCUT2D eigenvalue weighted by Crippen LogP contribution is -2.25. The highest BCUT2D eigenvalue weighted by atomic mass is 15.0. The van der Waals surface area contributed by atoms with Gasteiger partial charge in [-0.3, -0.25) is 0 Å². The monoisotopic (exact) mass is 225 g/mol. The molecule has 1 N–H and O–H groups in total. The summed E-state index contributed by atoms with van der Waals surface area (Å²) in [6.07, 6.45) is 3.01. The molecular weight excluding hydrogens is 210 g/mol. The van der Waals surface area contributed by atoms with E-state index in [0.717, 1.165) is 36.6 Å². The van der Waals surface area contributed by atoms with Gasteiger partial charge in [-0.15, -0.1) is 0 Å². The van der Waals surface area contributed by atoms with E-state index in [9.17, 15) is 0 Å². The van der Waals surface area contributed by atoms with Crippen LogP contribution < -0.4 is 5.32 Å². The van der Waals surface area contributed by atoms with Gasteiger partial charge in [0.25, 0.3) is 0 Å². The van der Waals surface area contributed by atoms with E-state index in [1.807, 2.05) is 18.3 Å². The maximum atomic E-state index is 4.67. The number of fused-ring (bicyclic) bond motifs is 1. The van der Waals surface area contributed by atoms with Crippen LogP contribution in [0, 0.1) is 6.92 Å². The number of nitrogens with one attached hydrogen (secondary N) is 1. The van der Waals surface area contributed by atoms with E-state index in [4.69, 9.17) is 0 Å². The van der Waals surface area contributed by atoms with Crippen molar-refractivity contribution < 1.29 is 0 Å². The van der Waals surface area contributed by atoms with Gasteiger partial charge in [0, 0.05) is 18.3 Å². The fraction of sp³-hybridized carbons (Fsp3) is 0.286. The van der Waals surface area contributed by atoms with E-state index in [1.165, 1.54) is 11.1 Å². The number of benzene rings is 1. The van der Waals surface area contributed by atoms with Crippen molar-refractivity contribution in [3.05, 3.63) is 47.3 Å². The molecule has 0 fully saturated rings. The minimum Gasteiger partial charge on any atom is -0.311 e. The Bertz CT molecular complexity index is 549. The van der Waals surface area contributed by atoms with E-state index in [2.05, 4.69) is 34.3 Å². The van der Waals surface area contributed by atoms with Gasteiger partial charge in [0.2, 0.25) is 0 Å². The van der Waals surface area contributed by atoms with E-state index in [-0.39, 0.29) is 0 Å². The van der Waals surface area contributed by atoms with Crippen molar-refractivity contribution in [2.75, 3.05) is 6.54 Å². The van der Waals surface area contributed by atoms with Gasteiger partial charge in [-0.25, -0.2) is 9.97 Å². The van der Waals surface area contributed by atoms with Crippen LogP contribution in [0.1, 0.15) is 16.8 Å². The number of hydrogen-bond donors (Lipinski definition) is 1. The molecule has 1 aromatic heterocycles. The van der Waals surface area contributed by atoms with Crippen LogP contribution in [-0.2, 0) is 13.0 Å². The van der Waals surface area contributed by atoms with Crippen molar-refractivity contribution in [1.82, 2.24) is 15.3 Å². The summed E-state index contributed by atoms with van der Waals surface area (Å²) < 4.78 is 0. The Morgan fingerprint density at radius 2 is 2.12 bits per heavy atom. The molecule has 2 aromatic rings. The molecule has 2 heterocycles. The highest BCUT2D eigenvalue weighted by molar-refractivity contribution is 5.59. The molecule has 0 atom stereocenters. The minimum absolute atomic E-state index is 0.838. The molecule has 0 spiro atoms. The first-order valence-electron chi connectivity index (χ1n) is 5.96. The van der Waals surface area contributed by atoms with Crippen LogP contribution >= 0.6 is 0 Å². The molecule has 3 rings (SSSR count). The van der Waals surface area contributed by atoms with Crippen LogP contribution in [-0.4, -0.2) is 16.5 Å². The van der Waals surface area contributed by atoms with Crippen molar-refractivity contribution >= 4 is 0 Å². The highest BCUT2D eigenvalue weighted by Crippen LogP contribution is 2.21. The zero-order valence-electron chi connectivity index (χ0n) is 9.90. The smallest absolute Gasteiger partial charge is 0.159 e. The van der Waals surface area contributed by atoms with Crippen molar-refractivity contribution in [2.24, 2.45) is 0 Å². The Kier molecular flexibility index (Phi) is 2.61. The zero-order chi connectivity index (χ0) is 11.7. The first-order valence-corrected chi connectivity index (χ1v) is 5.96. The Hall–Kier alpha value is -1.74. The summed E-state index contributed by atoms with van der Waals surface area (Å²) in [7, 11) is 0. The van der Waals surface area contributed by atoms with Crippen LogP contribution in [0.2, 0.25) is 0 Å². The molecule has 1 aromatic carbocycles. The molecule has 0 amide bonds. The van der Waals surface area contributed by atoms with Gasteiger partial charge >= 0.3 is 0 Å². The molecule has 0 saturated carbocycles. The van der Waals surface area contributed by atoms with Crippen LogP contribution in [0.15, 0.2) is 30.5 Å². The quantitative estimate of drug-likeness (QED) is 0.807. The van der Waals surface area contributed by atoms with E-state index >= 15 is 0 Å². The lowest BCUT2D eigenvalue weighted by molar-refractivity contribution is 0.624. The number of aromatic nitrogens is 2. The predicted molar refractivity (Wildman–Crippen MR) is 67.6 cm³/mol. The molecule has 0 bridgehead atoms. The highest BCUT2D eigenvalue weighted by Gasteiger charge is 2.12. The second-order valence-corrected chi connectivity index (χ2v) is 4.41. The lowest BCUT2D eigenvalue weighted by Gasteiger charge is -2.16. The number of hydrogen-bond acceptors (Lipinski definition) is 3. The van der Waals surface area contributed by atoms with Gasteiger partial charge in [0.05, 0.1) is 5.69 Å². The van der Waals surface area contributed by atoms with Crippen molar-refractivity contribution in [1.29, 1.82) is 0 Å². The molecule has 1 aliphatic heterocycles. The van der Waals surface area contributed by atoms with Crippen LogP contribution in [0.4, 0.5) is 0 Å². The topological polar surface area (TPSA) is 37.8 Å². The van der Waals surface area contributed by atoms with Crippen molar-refractivity contribution in [3.8, 4) is 11.4 Å². The Morgan fingerprint density at radius 1 is 1.24 bits per heavy atom. The third-order valence-corrected chi connectivity index (χ3v) is 3.20. The van der Waals surface area contributed by atoms with Gasteiger partial charge in [0.1, 0.15) is 0 Å². The number of aryl methyl sites for hydroxylation is 1.